The molecule has 0 fully saturated rings. The molecule has 1 aromatic heterocycles. The van der Waals surface area contributed by atoms with E-state index >= 15 is 0 Å². The molecule has 1 atom stereocenters. The Morgan fingerprint density at radius 2 is 1.85 bits per heavy atom. The highest BCUT2D eigenvalue weighted by Crippen LogP contribution is 2.35. The van der Waals surface area contributed by atoms with Gasteiger partial charge in [0.1, 0.15) is 0 Å². The molecule has 1 N–H and O–H groups in total. The number of halogens is 1. The van der Waals surface area contributed by atoms with Crippen molar-refractivity contribution < 1.29 is 0 Å². The zero-order valence-electron chi connectivity index (χ0n) is 12.6. The summed E-state index contributed by atoms with van der Waals surface area (Å²) >= 11 is 5.50. The van der Waals surface area contributed by atoms with Gasteiger partial charge in [-0.05, 0) is 83.4 Å². The van der Waals surface area contributed by atoms with Gasteiger partial charge in [-0.2, -0.15) is 0 Å². The molecular formula is C17H22BrNS. The summed E-state index contributed by atoms with van der Waals surface area (Å²) in [6.45, 7) is 9.83. The van der Waals surface area contributed by atoms with Crippen molar-refractivity contribution in [3.05, 3.63) is 55.2 Å². The van der Waals surface area contributed by atoms with Gasteiger partial charge in [-0.15, -0.1) is 11.3 Å². The van der Waals surface area contributed by atoms with Crippen molar-refractivity contribution in [2.45, 2.75) is 40.2 Å². The van der Waals surface area contributed by atoms with Gasteiger partial charge in [0.25, 0.3) is 0 Å². The molecule has 0 aliphatic heterocycles. The molecule has 0 spiro atoms. The summed E-state index contributed by atoms with van der Waals surface area (Å²) in [4.78, 5) is 1.37. The second-order valence-electron chi connectivity index (χ2n) is 5.31. The van der Waals surface area contributed by atoms with Crippen LogP contribution in [0.25, 0.3) is 0 Å². The average molecular weight is 352 g/mol. The molecule has 2 rings (SSSR count). The average Bonchev–Trinajstić information content (AvgIpc) is 2.82. The van der Waals surface area contributed by atoms with E-state index in [0.29, 0.717) is 0 Å². The molecule has 108 valence electrons. The van der Waals surface area contributed by atoms with Crippen LogP contribution in [0.5, 0.6) is 0 Å². The molecule has 1 heterocycles. The molecule has 1 aromatic carbocycles. The third kappa shape index (κ3) is 3.33. The lowest BCUT2D eigenvalue weighted by Gasteiger charge is -2.22. The third-order valence-electron chi connectivity index (χ3n) is 3.70. The van der Waals surface area contributed by atoms with Gasteiger partial charge in [-0.1, -0.05) is 19.1 Å². The van der Waals surface area contributed by atoms with E-state index in [1.54, 1.807) is 0 Å². The van der Waals surface area contributed by atoms with Crippen LogP contribution in [0.1, 0.15) is 46.5 Å². The summed E-state index contributed by atoms with van der Waals surface area (Å²) in [5, 5.41) is 5.85. The Morgan fingerprint density at radius 1 is 1.15 bits per heavy atom. The van der Waals surface area contributed by atoms with Crippen LogP contribution in [0, 0.1) is 20.8 Å². The molecule has 0 saturated carbocycles. The van der Waals surface area contributed by atoms with Crippen molar-refractivity contribution in [1.29, 1.82) is 0 Å². The van der Waals surface area contributed by atoms with Crippen LogP contribution in [0.3, 0.4) is 0 Å². The van der Waals surface area contributed by atoms with Gasteiger partial charge in [0, 0.05) is 9.35 Å². The third-order valence-corrected chi connectivity index (χ3v) is 5.63. The van der Waals surface area contributed by atoms with Gasteiger partial charge >= 0.3 is 0 Å². The van der Waals surface area contributed by atoms with E-state index in [-0.39, 0.29) is 6.04 Å². The van der Waals surface area contributed by atoms with Crippen LogP contribution in [0.15, 0.2) is 28.1 Å². The van der Waals surface area contributed by atoms with Crippen molar-refractivity contribution in [2.75, 3.05) is 6.54 Å². The molecular weight excluding hydrogens is 330 g/mol. The molecule has 3 heteroatoms. The Morgan fingerprint density at radius 3 is 2.45 bits per heavy atom. The van der Waals surface area contributed by atoms with Crippen molar-refractivity contribution in [2.24, 2.45) is 0 Å². The second kappa shape index (κ2) is 6.88. The molecule has 1 nitrogen and oxygen atoms in total. The summed E-state index contributed by atoms with van der Waals surface area (Å²) in [5.41, 5.74) is 5.49. The highest BCUT2D eigenvalue weighted by molar-refractivity contribution is 9.10. The van der Waals surface area contributed by atoms with Crippen molar-refractivity contribution in [1.82, 2.24) is 5.32 Å². The fourth-order valence-electron chi connectivity index (χ4n) is 2.44. The summed E-state index contributed by atoms with van der Waals surface area (Å²) in [5.74, 6) is 0. The van der Waals surface area contributed by atoms with E-state index in [2.05, 4.69) is 72.5 Å². The number of hydrogen-bond donors (Lipinski definition) is 1. The van der Waals surface area contributed by atoms with Gasteiger partial charge in [0.05, 0.1) is 6.04 Å². The maximum absolute atomic E-state index is 3.70. The van der Waals surface area contributed by atoms with E-state index < -0.39 is 0 Å². The fourth-order valence-corrected chi connectivity index (χ4v) is 4.13. The quantitative estimate of drug-likeness (QED) is 0.747. The first-order valence-electron chi connectivity index (χ1n) is 7.08. The molecule has 0 aliphatic rings. The summed E-state index contributed by atoms with van der Waals surface area (Å²) in [6, 6.07) is 7.05. The Kier molecular flexibility index (Phi) is 5.42. The number of benzene rings is 1. The van der Waals surface area contributed by atoms with E-state index in [4.69, 9.17) is 0 Å². The highest BCUT2D eigenvalue weighted by atomic mass is 79.9. The van der Waals surface area contributed by atoms with Gasteiger partial charge in [0.15, 0.2) is 0 Å². The minimum absolute atomic E-state index is 0.281. The maximum atomic E-state index is 3.70. The SMILES string of the molecule is CCCNC(c1cc(C)c(C)cc1C)c1sccc1Br. The molecule has 0 aliphatic carbocycles. The van der Waals surface area contributed by atoms with E-state index in [0.717, 1.165) is 13.0 Å². The monoisotopic (exact) mass is 351 g/mol. The number of hydrogen-bond acceptors (Lipinski definition) is 2. The van der Waals surface area contributed by atoms with E-state index in [9.17, 15) is 0 Å². The lowest BCUT2D eigenvalue weighted by molar-refractivity contribution is 0.601. The summed E-state index contributed by atoms with van der Waals surface area (Å²) in [7, 11) is 0. The van der Waals surface area contributed by atoms with Crippen LogP contribution in [-0.4, -0.2) is 6.54 Å². The van der Waals surface area contributed by atoms with Gasteiger partial charge in [-0.25, -0.2) is 0 Å². The zero-order valence-corrected chi connectivity index (χ0v) is 15.0. The largest absolute Gasteiger partial charge is 0.306 e. The minimum Gasteiger partial charge on any atom is -0.306 e. The minimum atomic E-state index is 0.281. The van der Waals surface area contributed by atoms with Gasteiger partial charge in [0.2, 0.25) is 0 Å². The Balaban J connectivity index is 2.46. The number of nitrogens with one attached hydrogen (secondary N) is 1. The lowest BCUT2D eigenvalue weighted by Crippen LogP contribution is -2.23. The molecule has 0 radical (unpaired) electrons. The maximum Gasteiger partial charge on any atom is 0.0685 e. The van der Waals surface area contributed by atoms with Crippen LogP contribution >= 0.6 is 27.3 Å². The lowest BCUT2D eigenvalue weighted by atomic mass is 9.95. The Hall–Kier alpha value is -0.640. The van der Waals surface area contributed by atoms with Crippen LogP contribution < -0.4 is 5.32 Å². The second-order valence-corrected chi connectivity index (χ2v) is 7.12. The first kappa shape index (κ1) is 15.7. The van der Waals surface area contributed by atoms with Crippen LogP contribution in [-0.2, 0) is 0 Å². The molecule has 1 unspecified atom stereocenters. The molecule has 2 aromatic rings. The topological polar surface area (TPSA) is 12.0 Å². The zero-order chi connectivity index (χ0) is 14.7. The van der Waals surface area contributed by atoms with Crippen LogP contribution in [0.4, 0.5) is 0 Å². The van der Waals surface area contributed by atoms with Crippen molar-refractivity contribution in [3.8, 4) is 0 Å². The van der Waals surface area contributed by atoms with Crippen molar-refractivity contribution >= 4 is 27.3 Å². The van der Waals surface area contributed by atoms with Crippen molar-refractivity contribution in [3.63, 3.8) is 0 Å². The number of aryl methyl sites for hydroxylation is 3. The highest BCUT2D eigenvalue weighted by Gasteiger charge is 2.19. The predicted molar refractivity (Wildman–Crippen MR) is 92.8 cm³/mol. The first-order chi connectivity index (χ1) is 9.54. The predicted octanol–water partition coefficient (Wildman–Crippen LogP) is 5.52. The smallest absolute Gasteiger partial charge is 0.0685 e. The fraction of sp³-hybridized carbons (Fsp3) is 0.412. The summed E-state index contributed by atoms with van der Waals surface area (Å²) in [6.07, 6.45) is 1.14. The molecule has 20 heavy (non-hydrogen) atoms. The number of thiophene rings is 1. The first-order valence-corrected chi connectivity index (χ1v) is 8.75. The normalized spacial score (nSPS) is 12.7. The molecule has 0 saturated heterocycles. The Labute approximate surface area is 134 Å². The van der Waals surface area contributed by atoms with E-state index in [1.165, 1.54) is 31.6 Å². The van der Waals surface area contributed by atoms with Crippen LogP contribution in [0.2, 0.25) is 0 Å². The number of rotatable bonds is 5. The van der Waals surface area contributed by atoms with E-state index in [1.807, 2.05) is 11.3 Å². The van der Waals surface area contributed by atoms with Gasteiger partial charge < -0.3 is 5.32 Å². The Bertz CT molecular complexity index is 589. The van der Waals surface area contributed by atoms with Gasteiger partial charge in [-0.3, -0.25) is 0 Å². The molecule has 0 amide bonds. The standard InChI is InChI=1S/C17H22BrNS/c1-5-7-19-16(17-15(18)6-8-20-17)14-10-12(3)11(2)9-13(14)4/h6,8-10,16,19H,5,7H2,1-4H3. The summed E-state index contributed by atoms with van der Waals surface area (Å²) < 4.78 is 1.20. The molecule has 0 bridgehead atoms.